The summed E-state index contributed by atoms with van der Waals surface area (Å²) in [6.45, 7) is 1.60. The van der Waals surface area contributed by atoms with E-state index in [0.717, 1.165) is 6.08 Å². The number of nitrogens with zero attached hydrogens (tertiary/aromatic N) is 3. The van der Waals surface area contributed by atoms with E-state index in [0.29, 0.717) is 0 Å². The first-order chi connectivity index (χ1) is 8.46. The van der Waals surface area contributed by atoms with Gasteiger partial charge in [-0.15, -0.1) is 0 Å². The standard InChI is InChI=1S/C11H7Cl2N3O2/c1-2-18-9(17)11(6-16)7(3-8(12)13)10(11,4-14)5-15/h3,7H,2H2,1H3. The second kappa shape index (κ2) is 4.86. The molecule has 1 aliphatic carbocycles. The van der Waals surface area contributed by atoms with Crippen LogP contribution in [-0.4, -0.2) is 12.6 Å². The molecule has 0 N–H and O–H groups in total. The number of carbonyl (C=O) groups excluding carboxylic acids is 1. The lowest BCUT2D eigenvalue weighted by Gasteiger charge is -2.07. The predicted molar refractivity (Wildman–Crippen MR) is 61.6 cm³/mol. The molecule has 1 rings (SSSR count). The molecule has 0 aromatic heterocycles. The number of rotatable bonds is 3. The number of carbonyl (C=O) groups is 1. The summed E-state index contributed by atoms with van der Waals surface area (Å²) >= 11 is 10.9. The average molecular weight is 284 g/mol. The lowest BCUT2D eigenvalue weighted by Crippen LogP contribution is -2.24. The maximum absolute atomic E-state index is 11.8. The zero-order chi connectivity index (χ0) is 14.0. The molecule has 1 saturated carbocycles. The van der Waals surface area contributed by atoms with Crippen LogP contribution in [0.25, 0.3) is 0 Å². The Bertz CT molecular complexity index is 520. The summed E-state index contributed by atoms with van der Waals surface area (Å²) in [7, 11) is 0. The normalized spacial score (nSPS) is 27.0. The fraction of sp³-hybridized carbons (Fsp3) is 0.455. The van der Waals surface area contributed by atoms with Gasteiger partial charge in [0.2, 0.25) is 0 Å². The van der Waals surface area contributed by atoms with Crippen LogP contribution in [-0.2, 0) is 9.53 Å². The van der Waals surface area contributed by atoms with Gasteiger partial charge in [-0.05, 0) is 13.0 Å². The quantitative estimate of drug-likeness (QED) is 0.738. The van der Waals surface area contributed by atoms with Gasteiger partial charge in [0.05, 0.1) is 24.8 Å². The third-order valence-electron chi connectivity index (χ3n) is 2.89. The molecule has 0 aliphatic heterocycles. The van der Waals surface area contributed by atoms with Crippen LogP contribution in [0.2, 0.25) is 0 Å². The highest BCUT2D eigenvalue weighted by Gasteiger charge is 2.84. The summed E-state index contributed by atoms with van der Waals surface area (Å²) in [6, 6.07) is 5.09. The molecule has 1 fully saturated rings. The van der Waals surface area contributed by atoms with Gasteiger partial charge in [-0.25, -0.2) is 0 Å². The Morgan fingerprint density at radius 1 is 1.33 bits per heavy atom. The van der Waals surface area contributed by atoms with Gasteiger partial charge in [0, 0.05) is 5.92 Å². The number of hydrogen-bond acceptors (Lipinski definition) is 5. The van der Waals surface area contributed by atoms with E-state index in [1.807, 2.05) is 0 Å². The molecule has 0 spiro atoms. The number of esters is 1. The molecule has 0 aromatic carbocycles. The highest BCUT2D eigenvalue weighted by molar-refractivity contribution is 6.55. The number of nitriles is 3. The SMILES string of the molecule is CCOC(=O)C1(C#N)C(C=C(Cl)Cl)C1(C#N)C#N. The summed E-state index contributed by atoms with van der Waals surface area (Å²) in [5.74, 6) is -1.90. The minimum atomic E-state index is -1.86. The van der Waals surface area contributed by atoms with E-state index in [2.05, 4.69) is 0 Å². The molecule has 0 amide bonds. The molecule has 7 heteroatoms. The molecule has 0 bridgehead atoms. The Morgan fingerprint density at radius 3 is 2.22 bits per heavy atom. The Morgan fingerprint density at radius 2 is 1.89 bits per heavy atom. The molecule has 0 radical (unpaired) electrons. The maximum atomic E-state index is 11.8. The van der Waals surface area contributed by atoms with Crippen molar-refractivity contribution < 1.29 is 9.53 Å². The van der Waals surface area contributed by atoms with E-state index >= 15 is 0 Å². The van der Waals surface area contributed by atoms with E-state index in [1.54, 1.807) is 25.1 Å². The van der Waals surface area contributed by atoms with Crippen molar-refractivity contribution in [2.45, 2.75) is 6.92 Å². The van der Waals surface area contributed by atoms with E-state index in [9.17, 15) is 4.79 Å². The molecule has 5 nitrogen and oxygen atoms in total. The molecular formula is C11H7Cl2N3O2. The molecule has 2 atom stereocenters. The summed E-state index contributed by atoms with van der Waals surface area (Å²) in [5, 5.41) is 27.3. The highest BCUT2D eigenvalue weighted by Crippen LogP contribution is 2.70. The van der Waals surface area contributed by atoms with Crippen molar-refractivity contribution in [1.29, 1.82) is 15.8 Å². The number of ether oxygens (including phenoxy) is 1. The molecule has 0 heterocycles. The van der Waals surface area contributed by atoms with Crippen LogP contribution < -0.4 is 0 Å². The Kier molecular flexibility index (Phi) is 3.87. The summed E-state index contributed by atoms with van der Waals surface area (Å²) in [6.07, 6.45) is 1.15. The molecule has 1 aliphatic rings. The second-order valence-corrected chi connectivity index (χ2v) is 4.61. The first-order valence-corrected chi connectivity index (χ1v) is 5.66. The lowest BCUT2D eigenvalue weighted by molar-refractivity contribution is -0.148. The van der Waals surface area contributed by atoms with Gasteiger partial charge in [0.25, 0.3) is 0 Å². The number of allylic oxidation sites excluding steroid dienone is 1. The van der Waals surface area contributed by atoms with Gasteiger partial charge in [-0.2, -0.15) is 15.8 Å². The van der Waals surface area contributed by atoms with Gasteiger partial charge in [-0.1, -0.05) is 23.2 Å². The molecule has 92 valence electrons. The first kappa shape index (κ1) is 14.3. The third kappa shape index (κ3) is 1.63. The van der Waals surface area contributed by atoms with Crippen LogP contribution in [0.4, 0.5) is 0 Å². The number of halogens is 2. The van der Waals surface area contributed by atoms with E-state index in [-0.39, 0.29) is 11.1 Å². The summed E-state index contributed by atoms with van der Waals surface area (Å²) < 4.78 is 4.54. The van der Waals surface area contributed by atoms with Crippen molar-refractivity contribution in [3.8, 4) is 18.2 Å². The average Bonchev–Trinajstić information content (AvgIpc) is 2.91. The molecule has 18 heavy (non-hydrogen) atoms. The van der Waals surface area contributed by atoms with Crippen LogP contribution in [0.5, 0.6) is 0 Å². The van der Waals surface area contributed by atoms with Crippen molar-refractivity contribution in [3.05, 3.63) is 10.6 Å². The van der Waals surface area contributed by atoms with Crippen molar-refractivity contribution in [2.24, 2.45) is 16.7 Å². The Labute approximate surface area is 114 Å². The zero-order valence-corrected chi connectivity index (χ0v) is 10.8. The Hall–Kier alpha value is -1.74. The first-order valence-electron chi connectivity index (χ1n) is 4.90. The zero-order valence-electron chi connectivity index (χ0n) is 9.28. The minimum Gasteiger partial charge on any atom is -0.465 e. The van der Waals surface area contributed by atoms with Gasteiger partial charge >= 0.3 is 5.97 Å². The smallest absolute Gasteiger partial charge is 0.330 e. The topological polar surface area (TPSA) is 97.7 Å². The largest absolute Gasteiger partial charge is 0.465 e. The lowest BCUT2D eigenvalue weighted by atomic mass is 9.97. The van der Waals surface area contributed by atoms with Crippen molar-refractivity contribution in [3.63, 3.8) is 0 Å². The molecular weight excluding hydrogens is 277 g/mol. The minimum absolute atomic E-state index is 0.0419. The van der Waals surface area contributed by atoms with Crippen LogP contribution in [0.3, 0.4) is 0 Å². The fourth-order valence-corrected chi connectivity index (χ4v) is 2.21. The Balaban J connectivity index is 3.34. The monoisotopic (exact) mass is 283 g/mol. The van der Waals surface area contributed by atoms with E-state index in [4.69, 9.17) is 43.7 Å². The van der Waals surface area contributed by atoms with Gasteiger partial charge in [0.15, 0.2) is 10.8 Å². The highest BCUT2D eigenvalue weighted by atomic mass is 35.5. The second-order valence-electron chi connectivity index (χ2n) is 3.61. The van der Waals surface area contributed by atoms with Crippen molar-refractivity contribution in [1.82, 2.24) is 0 Å². The molecule has 0 saturated heterocycles. The predicted octanol–water partition coefficient (Wildman–Crippen LogP) is 2.04. The van der Waals surface area contributed by atoms with Gasteiger partial charge < -0.3 is 4.74 Å². The van der Waals surface area contributed by atoms with Crippen LogP contribution in [0, 0.1) is 50.7 Å². The molecule has 0 aromatic rings. The van der Waals surface area contributed by atoms with E-state index in [1.165, 1.54) is 0 Å². The summed E-state index contributed by atoms with van der Waals surface area (Å²) in [4.78, 5) is 11.8. The maximum Gasteiger partial charge on any atom is 0.330 e. The fourth-order valence-electron chi connectivity index (χ4n) is 1.96. The van der Waals surface area contributed by atoms with Gasteiger partial charge in [-0.3, -0.25) is 4.79 Å². The molecule has 2 unspecified atom stereocenters. The van der Waals surface area contributed by atoms with Crippen LogP contribution in [0.15, 0.2) is 10.6 Å². The number of hydrogen-bond donors (Lipinski definition) is 0. The summed E-state index contributed by atoms with van der Waals surface area (Å²) in [5.41, 5.74) is -3.66. The van der Waals surface area contributed by atoms with Crippen LogP contribution >= 0.6 is 23.2 Å². The van der Waals surface area contributed by atoms with Crippen molar-refractivity contribution >= 4 is 29.2 Å². The van der Waals surface area contributed by atoms with Crippen molar-refractivity contribution in [2.75, 3.05) is 6.61 Å². The van der Waals surface area contributed by atoms with E-state index < -0.39 is 22.7 Å². The third-order valence-corrected chi connectivity index (χ3v) is 3.14. The van der Waals surface area contributed by atoms with Gasteiger partial charge in [0.1, 0.15) is 4.49 Å². The van der Waals surface area contributed by atoms with Crippen LogP contribution in [0.1, 0.15) is 6.92 Å².